The molecule has 0 bridgehead atoms. The smallest absolute Gasteiger partial charge is 0.239 e. The SMILES string of the molecule is CC(C)C1SC(=Nc2ccc(Br)cc2)NC1=O. The van der Waals surface area contributed by atoms with Crippen LogP contribution in [0, 0.1) is 5.92 Å². The highest BCUT2D eigenvalue weighted by Crippen LogP contribution is 2.28. The molecule has 0 aromatic heterocycles. The first-order chi connectivity index (χ1) is 8.06. The van der Waals surface area contributed by atoms with Crippen LogP contribution in [0.2, 0.25) is 0 Å². The molecule has 1 saturated heterocycles. The van der Waals surface area contributed by atoms with Crippen LogP contribution < -0.4 is 5.32 Å². The molecule has 1 aromatic carbocycles. The van der Waals surface area contributed by atoms with Gasteiger partial charge in [-0.25, -0.2) is 4.99 Å². The van der Waals surface area contributed by atoms with Gasteiger partial charge in [-0.05, 0) is 30.2 Å². The average molecular weight is 313 g/mol. The van der Waals surface area contributed by atoms with Crippen molar-refractivity contribution in [3.8, 4) is 0 Å². The number of hydrogen-bond acceptors (Lipinski definition) is 3. The molecular formula is C12H13BrN2OS. The predicted octanol–water partition coefficient (Wildman–Crippen LogP) is 3.32. The molecule has 1 aliphatic heterocycles. The van der Waals surface area contributed by atoms with Gasteiger partial charge in [0.1, 0.15) is 0 Å². The number of hydrogen-bond donors (Lipinski definition) is 1. The maximum Gasteiger partial charge on any atom is 0.239 e. The van der Waals surface area contributed by atoms with Gasteiger partial charge >= 0.3 is 0 Å². The Morgan fingerprint density at radius 2 is 2.00 bits per heavy atom. The zero-order chi connectivity index (χ0) is 12.4. The Morgan fingerprint density at radius 1 is 1.35 bits per heavy atom. The van der Waals surface area contributed by atoms with Gasteiger partial charge in [-0.1, -0.05) is 41.5 Å². The highest BCUT2D eigenvalue weighted by molar-refractivity contribution is 9.10. The fourth-order valence-corrected chi connectivity index (χ4v) is 2.77. The minimum absolute atomic E-state index is 0.0239. The van der Waals surface area contributed by atoms with Crippen molar-refractivity contribution in [2.24, 2.45) is 10.9 Å². The van der Waals surface area contributed by atoms with Crippen LogP contribution in [0.4, 0.5) is 5.69 Å². The third kappa shape index (κ3) is 3.10. The Morgan fingerprint density at radius 3 is 2.53 bits per heavy atom. The number of rotatable bonds is 2. The van der Waals surface area contributed by atoms with Crippen molar-refractivity contribution in [1.82, 2.24) is 5.32 Å². The van der Waals surface area contributed by atoms with Crippen LogP contribution >= 0.6 is 27.7 Å². The summed E-state index contributed by atoms with van der Waals surface area (Å²) in [4.78, 5) is 16.1. The summed E-state index contributed by atoms with van der Waals surface area (Å²) in [5, 5.41) is 3.48. The maximum atomic E-state index is 11.7. The molecule has 0 spiro atoms. The Hall–Kier alpha value is -0.810. The number of amides is 1. The van der Waals surface area contributed by atoms with Crippen molar-refractivity contribution in [1.29, 1.82) is 0 Å². The van der Waals surface area contributed by atoms with Crippen molar-refractivity contribution in [3.63, 3.8) is 0 Å². The largest absolute Gasteiger partial charge is 0.304 e. The topological polar surface area (TPSA) is 41.5 Å². The Bertz CT molecular complexity index is 456. The summed E-state index contributed by atoms with van der Waals surface area (Å²) >= 11 is 4.88. The van der Waals surface area contributed by atoms with E-state index in [1.54, 1.807) is 0 Å². The molecule has 1 N–H and O–H groups in total. The summed E-state index contributed by atoms with van der Waals surface area (Å²) in [6.45, 7) is 4.08. The van der Waals surface area contributed by atoms with Gasteiger partial charge in [-0.3, -0.25) is 4.79 Å². The number of aliphatic imine (C=N–C) groups is 1. The highest BCUT2D eigenvalue weighted by Gasteiger charge is 2.32. The molecule has 1 aliphatic rings. The summed E-state index contributed by atoms with van der Waals surface area (Å²) in [5.41, 5.74) is 0.848. The number of carbonyl (C=O) groups is 1. The number of carbonyl (C=O) groups excluding carboxylic acids is 1. The molecule has 1 heterocycles. The minimum Gasteiger partial charge on any atom is -0.304 e. The molecule has 1 fully saturated rings. The Kier molecular flexibility index (Phi) is 3.89. The van der Waals surface area contributed by atoms with E-state index in [-0.39, 0.29) is 11.2 Å². The molecule has 90 valence electrons. The lowest BCUT2D eigenvalue weighted by molar-refractivity contribution is -0.119. The zero-order valence-electron chi connectivity index (χ0n) is 9.61. The van der Waals surface area contributed by atoms with Gasteiger partial charge in [0.25, 0.3) is 0 Å². The van der Waals surface area contributed by atoms with Gasteiger partial charge in [-0.15, -0.1) is 0 Å². The van der Waals surface area contributed by atoms with Crippen LogP contribution in [0.5, 0.6) is 0 Å². The van der Waals surface area contributed by atoms with Gasteiger partial charge in [0.2, 0.25) is 5.91 Å². The molecule has 2 rings (SSSR count). The summed E-state index contributed by atoms with van der Waals surface area (Å²) in [6.07, 6.45) is 0. The molecular weight excluding hydrogens is 300 g/mol. The predicted molar refractivity (Wildman–Crippen MR) is 75.6 cm³/mol. The van der Waals surface area contributed by atoms with E-state index in [0.29, 0.717) is 11.1 Å². The van der Waals surface area contributed by atoms with Crippen molar-refractivity contribution in [2.75, 3.05) is 0 Å². The molecule has 17 heavy (non-hydrogen) atoms. The van der Waals surface area contributed by atoms with Gasteiger partial charge in [0, 0.05) is 4.47 Å². The van der Waals surface area contributed by atoms with Gasteiger partial charge in [0.15, 0.2) is 5.17 Å². The first kappa shape index (κ1) is 12.6. The first-order valence-electron chi connectivity index (χ1n) is 5.38. The average Bonchev–Trinajstić information content (AvgIpc) is 2.63. The molecule has 0 radical (unpaired) electrons. The normalized spacial score (nSPS) is 22.2. The molecule has 1 atom stereocenters. The van der Waals surface area contributed by atoms with Crippen LogP contribution in [0.1, 0.15) is 13.8 Å². The van der Waals surface area contributed by atoms with E-state index in [1.165, 1.54) is 11.8 Å². The monoisotopic (exact) mass is 312 g/mol. The van der Waals surface area contributed by atoms with Crippen molar-refractivity contribution < 1.29 is 4.79 Å². The van der Waals surface area contributed by atoms with Crippen LogP contribution in [-0.4, -0.2) is 16.3 Å². The highest BCUT2D eigenvalue weighted by atomic mass is 79.9. The molecule has 5 heteroatoms. The van der Waals surface area contributed by atoms with Gasteiger partial charge in [0.05, 0.1) is 10.9 Å². The second-order valence-electron chi connectivity index (χ2n) is 4.17. The van der Waals surface area contributed by atoms with E-state index >= 15 is 0 Å². The number of benzene rings is 1. The van der Waals surface area contributed by atoms with Crippen LogP contribution in [0.15, 0.2) is 33.7 Å². The van der Waals surface area contributed by atoms with Crippen molar-refractivity contribution in [2.45, 2.75) is 19.1 Å². The number of nitrogens with one attached hydrogen (secondary N) is 1. The summed E-state index contributed by atoms with van der Waals surface area (Å²) in [7, 11) is 0. The van der Waals surface area contributed by atoms with E-state index in [9.17, 15) is 4.79 Å². The summed E-state index contributed by atoms with van der Waals surface area (Å²) in [5.74, 6) is 0.374. The molecule has 3 nitrogen and oxygen atoms in total. The number of thioether (sulfide) groups is 1. The zero-order valence-corrected chi connectivity index (χ0v) is 12.0. The minimum atomic E-state index is -0.0239. The number of nitrogens with zero attached hydrogens (tertiary/aromatic N) is 1. The Labute approximate surface area is 113 Å². The van der Waals surface area contributed by atoms with Crippen LogP contribution in [0.25, 0.3) is 0 Å². The van der Waals surface area contributed by atoms with E-state index in [4.69, 9.17) is 0 Å². The first-order valence-corrected chi connectivity index (χ1v) is 7.05. The summed E-state index contributed by atoms with van der Waals surface area (Å²) < 4.78 is 1.02. The van der Waals surface area contributed by atoms with Crippen LogP contribution in [0.3, 0.4) is 0 Å². The van der Waals surface area contributed by atoms with Gasteiger partial charge < -0.3 is 5.32 Å². The quantitative estimate of drug-likeness (QED) is 0.910. The second kappa shape index (κ2) is 5.23. The lowest BCUT2D eigenvalue weighted by Crippen LogP contribution is -2.27. The maximum absolute atomic E-state index is 11.7. The third-order valence-electron chi connectivity index (χ3n) is 2.39. The molecule has 0 saturated carbocycles. The van der Waals surface area contributed by atoms with E-state index in [1.807, 2.05) is 38.1 Å². The lowest BCUT2D eigenvalue weighted by atomic mass is 10.1. The fraction of sp³-hybridized carbons (Fsp3) is 0.333. The summed E-state index contributed by atoms with van der Waals surface area (Å²) in [6, 6.07) is 7.68. The Balaban J connectivity index is 2.14. The van der Waals surface area contributed by atoms with Crippen molar-refractivity contribution >= 4 is 44.5 Å². The number of amidine groups is 1. The lowest BCUT2D eigenvalue weighted by Gasteiger charge is -2.07. The van der Waals surface area contributed by atoms with Gasteiger partial charge in [-0.2, -0.15) is 0 Å². The molecule has 0 aliphatic carbocycles. The third-order valence-corrected chi connectivity index (χ3v) is 4.35. The molecule has 1 amide bonds. The van der Waals surface area contributed by atoms with Crippen LogP contribution in [-0.2, 0) is 4.79 Å². The van der Waals surface area contributed by atoms with Crippen molar-refractivity contribution in [3.05, 3.63) is 28.7 Å². The van der Waals surface area contributed by atoms with E-state index in [0.717, 1.165) is 10.2 Å². The standard InChI is InChI=1S/C12H13BrN2OS/c1-7(2)10-11(16)15-12(17-10)14-9-5-3-8(13)4-6-9/h3-7,10H,1-2H3,(H,14,15,16). The fourth-order valence-electron chi connectivity index (χ4n) is 1.51. The van der Waals surface area contributed by atoms with E-state index in [2.05, 4.69) is 26.2 Å². The molecule has 1 aromatic rings. The van der Waals surface area contributed by atoms with E-state index < -0.39 is 0 Å². The second-order valence-corrected chi connectivity index (χ2v) is 6.21. The number of halogens is 1. The molecule has 1 unspecified atom stereocenters.